The summed E-state index contributed by atoms with van der Waals surface area (Å²) in [6, 6.07) is 16.1. The molecular weight excluding hydrogens is 556 g/mol. The molecule has 0 radical (unpaired) electrons. The van der Waals surface area contributed by atoms with Crippen LogP contribution in [0.5, 0.6) is 0 Å². The average Bonchev–Trinajstić information content (AvgIpc) is 2.98. The summed E-state index contributed by atoms with van der Waals surface area (Å²) in [5, 5.41) is 12.7. The van der Waals surface area contributed by atoms with Crippen LogP contribution in [0.15, 0.2) is 77.3 Å². The van der Waals surface area contributed by atoms with Gasteiger partial charge in [-0.05, 0) is 44.0 Å². The molecule has 43 heavy (non-hydrogen) atoms. The topological polar surface area (TPSA) is 170 Å². The van der Waals surface area contributed by atoms with Crippen LogP contribution in [-0.2, 0) is 39.8 Å². The molecule has 3 rings (SSSR count). The van der Waals surface area contributed by atoms with Crippen molar-refractivity contribution in [3.05, 3.63) is 88.4 Å². The third-order valence-corrected chi connectivity index (χ3v) is 6.42. The van der Waals surface area contributed by atoms with Gasteiger partial charge in [-0.15, -0.1) is 0 Å². The van der Waals surface area contributed by atoms with Gasteiger partial charge in [0.15, 0.2) is 0 Å². The molecule has 0 saturated heterocycles. The molecule has 2 unspecified atom stereocenters. The van der Waals surface area contributed by atoms with Gasteiger partial charge in [-0.3, -0.25) is 4.90 Å². The number of amides is 1. The first-order valence-electron chi connectivity index (χ1n) is 13.2. The molecular formula is C31H34N4O8. The first kappa shape index (κ1) is 32.2. The van der Waals surface area contributed by atoms with Crippen LogP contribution in [0, 0.1) is 11.3 Å². The summed E-state index contributed by atoms with van der Waals surface area (Å²) in [5.74, 6) is -3.48. The Morgan fingerprint density at radius 2 is 1.56 bits per heavy atom. The van der Waals surface area contributed by atoms with E-state index in [4.69, 9.17) is 24.7 Å². The van der Waals surface area contributed by atoms with E-state index in [2.05, 4.69) is 11.4 Å². The van der Waals surface area contributed by atoms with Crippen molar-refractivity contribution < 1.29 is 38.1 Å². The van der Waals surface area contributed by atoms with E-state index in [0.717, 1.165) is 7.11 Å². The van der Waals surface area contributed by atoms with E-state index in [-0.39, 0.29) is 29.1 Å². The first-order valence-corrected chi connectivity index (χ1v) is 13.2. The van der Waals surface area contributed by atoms with E-state index in [0.29, 0.717) is 16.8 Å². The van der Waals surface area contributed by atoms with E-state index < -0.39 is 41.6 Å². The minimum atomic E-state index is -1.06. The number of carbonyl (C=O) groups excluding carboxylic acids is 4. The van der Waals surface area contributed by atoms with Gasteiger partial charge in [-0.25, -0.2) is 19.2 Å². The number of esters is 3. The number of hydrogen-bond acceptors (Lipinski definition) is 11. The van der Waals surface area contributed by atoms with Crippen molar-refractivity contribution in [1.29, 1.82) is 5.26 Å². The van der Waals surface area contributed by atoms with Crippen LogP contribution < -0.4 is 16.0 Å². The molecule has 1 aliphatic rings. The zero-order valence-electron chi connectivity index (χ0n) is 24.8. The fourth-order valence-corrected chi connectivity index (χ4v) is 4.58. The van der Waals surface area contributed by atoms with Gasteiger partial charge < -0.3 is 30.0 Å². The molecule has 2 aromatic rings. The van der Waals surface area contributed by atoms with E-state index in [1.54, 1.807) is 75.4 Å². The van der Waals surface area contributed by atoms with Gasteiger partial charge in [0, 0.05) is 12.1 Å². The minimum absolute atomic E-state index is 0.0237. The highest BCUT2D eigenvalue weighted by atomic mass is 16.6. The van der Waals surface area contributed by atoms with Crippen molar-refractivity contribution in [3.63, 3.8) is 0 Å². The number of hydrogen-bond donors (Lipinski definition) is 2. The number of anilines is 1. The highest BCUT2D eigenvalue weighted by Crippen LogP contribution is 2.43. The lowest BCUT2D eigenvalue weighted by atomic mass is 9.81. The Bertz CT molecular complexity index is 1480. The second-order valence-electron chi connectivity index (χ2n) is 10.4. The van der Waals surface area contributed by atoms with Crippen molar-refractivity contribution >= 4 is 29.7 Å². The van der Waals surface area contributed by atoms with Gasteiger partial charge >= 0.3 is 24.0 Å². The smallest absolute Gasteiger partial charge is 0.408 e. The Labute approximate surface area is 249 Å². The van der Waals surface area contributed by atoms with Gasteiger partial charge in [-0.1, -0.05) is 42.5 Å². The van der Waals surface area contributed by atoms with Crippen molar-refractivity contribution in [2.75, 3.05) is 26.2 Å². The lowest BCUT2D eigenvalue weighted by Gasteiger charge is -2.36. The van der Waals surface area contributed by atoms with Crippen LogP contribution in [0.25, 0.3) is 0 Å². The number of nitriles is 1. The Morgan fingerprint density at radius 3 is 2.07 bits per heavy atom. The molecule has 0 aromatic heterocycles. The quantitative estimate of drug-likeness (QED) is 0.342. The number of alkyl carbamates (subject to hydrolysis) is 1. The normalized spacial score (nSPS) is 15.7. The molecule has 12 heteroatoms. The van der Waals surface area contributed by atoms with Crippen LogP contribution in [0.2, 0.25) is 0 Å². The summed E-state index contributed by atoms with van der Waals surface area (Å²) in [4.78, 5) is 52.4. The molecule has 12 nitrogen and oxygen atoms in total. The molecule has 2 aromatic carbocycles. The van der Waals surface area contributed by atoms with Crippen LogP contribution in [-0.4, -0.2) is 57.0 Å². The lowest BCUT2D eigenvalue weighted by molar-refractivity contribution is -0.143. The van der Waals surface area contributed by atoms with Crippen molar-refractivity contribution in [2.24, 2.45) is 5.73 Å². The SMILES string of the molecule is COC(=O)C1=C(C(=O)OC)N(c2ccc(CC(NC(=O)OC(C)(C)C)C(=O)OC)cc2)C(N)=C(C#N)C1c1ccccc1. The van der Waals surface area contributed by atoms with E-state index in [1.165, 1.54) is 19.1 Å². The number of benzene rings is 2. The molecule has 1 heterocycles. The van der Waals surface area contributed by atoms with Crippen molar-refractivity contribution in [2.45, 2.75) is 44.8 Å². The predicted octanol–water partition coefficient (Wildman–Crippen LogP) is 3.19. The number of rotatable bonds is 8. The molecule has 0 bridgehead atoms. The number of methoxy groups -OCH3 is 3. The summed E-state index contributed by atoms with van der Waals surface area (Å²) in [6.07, 6.45) is -0.740. The molecule has 0 spiro atoms. The maximum Gasteiger partial charge on any atom is 0.408 e. The zero-order chi connectivity index (χ0) is 31.9. The summed E-state index contributed by atoms with van der Waals surface area (Å²) in [6.45, 7) is 5.09. The number of nitrogens with zero attached hydrogens (tertiary/aromatic N) is 2. The van der Waals surface area contributed by atoms with E-state index in [1.807, 2.05) is 0 Å². The zero-order valence-corrected chi connectivity index (χ0v) is 24.8. The largest absolute Gasteiger partial charge is 0.467 e. The van der Waals surface area contributed by atoms with Gasteiger partial charge in [0.2, 0.25) is 0 Å². The highest BCUT2D eigenvalue weighted by Gasteiger charge is 2.43. The minimum Gasteiger partial charge on any atom is -0.467 e. The van der Waals surface area contributed by atoms with Crippen LogP contribution in [0.3, 0.4) is 0 Å². The Morgan fingerprint density at radius 1 is 0.953 bits per heavy atom. The summed E-state index contributed by atoms with van der Waals surface area (Å²) >= 11 is 0. The molecule has 2 atom stereocenters. The highest BCUT2D eigenvalue weighted by molar-refractivity contribution is 6.06. The van der Waals surface area contributed by atoms with Crippen LogP contribution >= 0.6 is 0 Å². The molecule has 0 saturated carbocycles. The fraction of sp³-hybridized carbons (Fsp3) is 0.323. The number of allylic oxidation sites excluding steroid dienone is 1. The number of ether oxygens (including phenoxy) is 4. The number of carbonyl (C=O) groups is 4. The fourth-order valence-electron chi connectivity index (χ4n) is 4.58. The third-order valence-electron chi connectivity index (χ3n) is 6.42. The van der Waals surface area contributed by atoms with Crippen LogP contribution in [0.4, 0.5) is 10.5 Å². The summed E-state index contributed by atoms with van der Waals surface area (Å²) < 4.78 is 20.2. The average molecular weight is 591 g/mol. The van der Waals surface area contributed by atoms with Gasteiger partial charge in [0.1, 0.15) is 23.2 Å². The van der Waals surface area contributed by atoms with Gasteiger partial charge in [0.05, 0.1) is 44.5 Å². The van der Waals surface area contributed by atoms with Crippen molar-refractivity contribution in [1.82, 2.24) is 5.32 Å². The lowest BCUT2D eigenvalue weighted by Crippen LogP contribution is -2.45. The van der Waals surface area contributed by atoms with Crippen LogP contribution in [0.1, 0.15) is 37.8 Å². The second-order valence-corrected chi connectivity index (χ2v) is 10.4. The molecule has 226 valence electrons. The molecule has 3 N–H and O–H groups in total. The number of nitrogens with one attached hydrogen (secondary N) is 1. The Hall–Kier alpha value is -5.31. The first-order chi connectivity index (χ1) is 20.4. The molecule has 1 aliphatic heterocycles. The monoisotopic (exact) mass is 590 g/mol. The summed E-state index contributed by atoms with van der Waals surface area (Å²) in [5.41, 5.74) is 6.91. The Kier molecular flexibility index (Phi) is 10.2. The van der Waals surface area contributed by atoms with Gasteiger partial charge in [0.25, 0.3) is 0 Å². The van der Waals surface area contributed by atoms with Gasteiger partial charge in [-0.2, -0.15) is 5.26 Å². The standard InChI is InChI=1S/C31H34N4O8/c1-31(2,3)43-30(39)34-22(27(36)40-4)16-18-12-14-20(15-13-18)35-25(29(38)42-6)24(28(37)41-5)23(21(17-32)26(35)33)19-10-8-7-9-11-19/h7-15,22-23H,16,33H2,1-6H3,(H,34,39). The molecule has 1 amide bonds. The third kappa shape index (κ3) is 7.32. The summed E-state index contributed by atoms with van der Waals surface area (Å²) in [7, 11) is 3.53. The molecule has 0 aliphatic carbocycles. The van der Waals surface area contributed by atoms with Crippen molar-refractivity contribution in [3.8, 4) is 6.07 Å². The van der Waals surface area contributed by atoms with E-state index >= 15 is 0 Å². The second kappa shape index (κ2) is 13.6. The predicted molar refractivity (Wildman–Crippen MR) is 155 cm³/mol. The number of nitrogens with two attached hydrogens (primary N) is 1. The van der Waals surface area contributed by atoms with E-state index in [9.17, 15) is 24.4 Å². The molecule has 0 fully saturated rings. The maximum absolute atomic E-state index is 13.2. The maximum atomic E-state index is 13.2. The Balaban J connectivity index is 2.09.